The third kappa shape index (κ3) is 21.3. The quantitative estimate of drug-likeness (QED) is 0.0638. The number of ether oxygens (including phenoxy) is 2. The van der Waals surface area contributed by atoms with Crippen molar-refractivity contribution in [1.82, 2.24) is 9.80 Å². The molecule has 81 heavy (non-hydrogen) atoms. The van der Waals surface area contributed by atoms with Crippen LogP contribution in [0.3, 0.4) is 0 Å². The zero-order valence-electron chi connectivity index (χ0n) is 46.6. The summed E-state index contributed by atoms with van der Waals surface area (Å²) in [5.41, 5.74) is 8.76. The molecule has 2 N–H and O–H groups in total. The van der Waals surface area contributed by atoms with E-state index in [9.17, 15) is 9.59 Å². The summed E-state index contributed by atoms with van der Waals surface area (Å²) in [7, 11) is 3.73. The van der Waals surface area contributed by atoms with Gasteiger partial charge in [-0.2, -0.15) is 0 Å². The Morgan fingerprint density at radius 3 is 1.12 bits per heavy atom. The second kappa shape index (κ2) is 33.7. The van der Waals surface area contributed by atoms with E-state index >= 15 is 0 Å². The molecule has 2 heterocycles. The summed E-state index contributed by atoms with van der Waals surface area (Å²) in [6, 6.07) is 56.2. The molecule has 8 aromatic rings. The Hall–Kier alpha value is -6.14. The van der Waals surface area contributed by atoms with Crippen LogP contribution in [0.4, 0.5) is 0 Å². The maximum atomic E-state index is 13.2. The first-order valence-corrected chi connectivity index (χ1v) is 28.1. The van der Waals surface area contributed by atoms with Gasteiger partial charge < -0.3 is 49.6 Å². The first-order valence-electron chi connectivity index (χ1n) is 26.5. The van der Waals surface area contributed by atoms with Gasteiger partial charge in [-0.1, -0.05) is 143 Å². The van der Waals surface area contributed by atoms with Crippen molar-refractivity contribution < 1.29 is 58.5 Å². The van der Waals surface area contributed by atoms with Gasteiger partial charge in [0.1, 0.15) is 24.6 Å². The van der Waals surface area contributed by atoms with E-state index < -0.39 is 0 Å². The van der Waals surface area contributed by atoms with E-state index in [1.807, 2.05) is 173 Å². The highest BCUT2D eigenvalue weighted by molar-refractivity contribution is 6.42. The topological polar surface area (TPSA) is 98.3 Å². The first kappa shape index (κ1) is 67.4. The number of pyridine rings is 2. The Bertz CT molecular complexity index is 2970. The zero-order chi connectivity index (χ0) is 55.6. The molecule has 9 nitrogen and oxygen atoms in total. The van der Waals surface area contributed by atoms with E-state index in [2.05, 4.69) is 82.5 Å². The number of rotatable bonds is 22. The van der Waals surface area contributed by atoms with Crippen LogP contribution in [-0.2, 0) is 35.5 Å². The van der Waals surface area contributed by atoms with Crippen molar-refractivity contribution in [1.29, 1.82) is 0 Å². The standard InChI is InChI=1S/2C33H35Cl2N2O2.2ClH.H2O/c2*1-24(2)39-30-11-7-8-25(20-30)21-33(38)36(3)23-29(28-12-13-31(34)32(35)22-28)16-19-37-17-14-27(15-18-37)26-9-5-4-6-10-26;;;/h2*4-15,17-18,20,22,24,29H,16,19,21,23H2,1-3H3;2*1H;1H2/q2*+1;;;/p-2. The van der Waals surface area contributed by atoms with Crippen LogP contribution in [0.1, 0.15) is 74.6 Å². The van der Waals surface area contributed by atoms with Crippen molar-refractivity contribution >= 4 is 58.2 Å². The van der Waals surface area contributed by atoms with Crippen molar-refractivity contribution in [2.45, 2.75) is 90.5 Å². The summed E-state index contributed by atoms with van der Waals surface area (Å²) in [5, 5.41) is 2.10. The normalized spacial score (nSPS) is 11.4. The van der Waals surface area contributed by atoms with E-state index in [0.717, 1.165) is 59.7 Å². The van der Waals surface area contributed by atoms with Crippen molar-refractivity contribution in [2.75, 3.05) is 27.2 Å². The van der Waals surface area contributed by atoms with Crippen LogP contribution in [0.5, 0.6) is 11.5 Å². The lowest BCUT2D eigenvalue weighted by Gasteiger charge is -2.24. The van der Waals surface area contributed by atoms with E-state index in [1.54, 1.807) is 0 Å². The molecule has 0 aliphatic rings. The largest absolute Gasteiger partial charge is 1.00 e. The molecule has 0 fully saturated rings. The highest BCUT2D eigenvalue weighted by Gasteiger charge is 2.23. The first-order chi connectivity index (χ1) is 37.6. The number of amides is 2. The average molecular weight is 1210 g/mol. The molecule has 0 aliphatic carbocycles. The van der Waals surface area contributed by atoms with Crippen LogP contribution in [-0.4, -0.2) is 66.5 Å². The molecule has 8 rings (SSSR count). The molecule has 0 saturated heterocycles. The number of hydrogen-bond donors (Lipinski definition) is 0. The number of carbonyl (C=O) groups excluding carboxylic acids is 2. The summed E-state index contributed by atoms with van der Waals surface area (Å²) in [5.74, 6) is 1.85. The number of carbonyl (C=O) groups is 2. The Morgan fingerprint density at radius 1 is 0.444 bits per heavy atom. The fourth-order valence-electron chi connectivity index (χ4n) is 9.21. The van der Waals surface area contributed by atoms with Crippen LogP contribution in [0.2, 0.25) is 20.1 Å². The zero-order valence-corrected chi connectivity index (χ0v) is 51.2. The molecule has 0 bridgehead atoms. The Labute approximate surface area is 511 Å². The number of likely N-dealkylation sites (N-methyl/N-ethyl adjacent to an activating group) is 2. The lowest BCUT2D eigenvalue weighted by molar-refractivity contribution is -0.697. The number of hydrogen-bond acceptors (Lipinski definition) is 4. The average Bonchev–Trinajstić information content (AvgIpc) is 3.43. The van der Waals surface area contributed by atoms with Crippen molar-refractivity contribution in [2.24, 2.45) is 0 Å². The maximum Gasteiger partial charge on any atom is 0.226 e. The van der Waals surface area contributed by atoms with Crippen molar-refractivity contribution in [3.63, 3.8) is 0 Å². The van der Waals surface area contributed by atoms with E-state index in [0.29, 0.717) is 46.0 Å². The highest BCUT2D eigenvalue weighted by atomic mass is 35.5. The van der Waals surface area contributed by atoms with Crippen LogP contribution in [0.15, 0.2) is 195 Å². The van der Waals surface area contributed by atoms with Gasteiger partial charge in [0.15, 0.2) is 24.8 Å². The van der Waals surface area contributed by atoms with Gasteiger partial charge in [0.05, 0.1) is 45.1 Å². The number of halogens is 6. The van der Waals surface area contributed by atoms with E-state index in [1.165, 1.54) is 22.3 Å². The molecule has 2 aromatic heterocycles. The Balaban J connectivity index is 0.000000336. The molecular formula is C66H72Cl6N4O5. The van der Waals surface area contributed by atoms with Gasteiger partial charge in [0.2, 0.25) is 11.8 Å². The maximum absolute atomic E-state index is 13.2. The predicted molar refractivity (Wildman–Crippen MR) is 322 cm³/mol. The molecule has 0 spiro atoms. The van der Waals surface area contributed by atoms with E-state index in [-0.39, 0.29) is 66.1 Å². The minimum absolute atomic E-state index is 0. The minimum Gasteiger partial charge on any atom is -1.00 e. The monoisotopic (exact) mass is 1210 g/mol. The summed E-state index contributed by atoms with van der Waals surface area (Å²) < 4.78 is 16.0. The molecule has 0 saturated carbocycles. The van der Waals surface area contributed by atoms with Gasteiger partial charge in [-0.25, -0.2) is 9.13 Å². The lowest BCUT2D eigenvalue weighted by Crippen LogP contribution is -3.00. The van der Waals surface area contributed by atoms with Gasteiger partial charge in [0.25, 0.3) is 0 Å². The van der Waals surface area contributed by atoms with Crippen LogP contribution < -0.4 is 43.4 Å². The second-order valence-electron chi connectivity index (χ2n) is 20.2. The minimum atomic E-state index is 0. The fourth-order valence-corrected chi connectivity index (χ4v) is 9.83. The highest BCUT2D eigenvalue weighted by Crippen LogP contribution is 2.31. The molecule has 2 amide bonds. The van der Waals surface area contributed by atoms with Crippen LogP contribution in [0, 0.1) is 0 Å². The Kier molecular flexibility index (Phi) is 28.0. The number of aromatic nitrogens is 2. The SMILES string of the molecule is CC(C)Oc1cccc(CC(=O)N(C)CC(CC[n+]2ccc(-c3ccccc3)cc2)c2ccc(Cl)c(Cl)c2)c1.CC(C)Oc1cccc(CC(=O)N(C)CC(CC[n+]2ccc(-c3ccccc3)cc2)c2ccc(Cl)c(Cl)c2)c1.O.[Cl-].[Cl-]. The molecule has 2 unspecified atom stereocenters. The summed E-state index contributed by atoms with van der Waals surface area (Å²) >= 11 is 25.2. The third-order valence-electron chi connectivity index (χ3n) is 13.4. The van der Waals surface area contributed by atoms with Crippen LogP contribution in [0.25, 0.3) is 22.3 Å². The van der Waals surface area contributed by atoms with Gasteiger partial charge in [-0.15, -0.1) is 0 Å². The molecule has 0 radical (unpaired) electrons. The van der Waals surface area contributed by atoms with Crippen molar-refractivity contribution in [3.05, 3.63) is 237 Å². The summed E-state index contributed by atoms with van der Waals surface area (Å²) in [6.45, 7) is 10.7. The summed E-state index contributed by atoms with van der Waals surface area (Å²) in [6.07, 6.45) is 10.9. The molecule has 0 aliphatic heterocycles. The van der Waals surface area contributed by atoms with Gasteiger partial charge in [-0.05, 0) is 121 Å². The molecule has 2 atom stereocenters. The third-order valence-corrected chi connectivity index (χ3v) is 14.9. The summed E-state index contributed by atoms with van der Waals surface area (Å²) in [4.78, 5) is 30.0. The smallest absolute Gasteiger partial charge is 0.226 e. The van der Waals surface area contributed by atoms with Crippen LogP contribution >= 0.6 is 46.4 Å². The Morgan fingerprint density at radius 2 is 0.790 bits per heavy atom. The van der Waals surface area contributed by atoms with Crippen molar-refractivity contribution in [3.8, 4) is 33.8 Å². The van der Waals surface area contributed by atoms with Gasteiger partial charge in [0, 0.05) is 76.1 Å². The molecular weight excluding hydrogens is 1140 g/mol. The fraction of sp³-hybridized carbons (Fsp3) is 0.273. The predicted octanol–water partition coefficient (Wildman–Crippen LogP) is 8.40. The molecule has 428 valence electrons. The number of nitrogens with zero attached hydrogens (tertiary/aromatic N) is 4. The lowest BCUT2D eigenvalue weighted by atomic mass is 9.94. The molecule has 6 aromatic carbocycles. The van der Waals surface area contributed by atoms with Gasteiger partial charge in [-0.3, -0.25) is 9.59 Å². The van der Waals surface area contributed by atoms with Gasteiger partial charge >= 0.3 is 0 Å². The number of aryl methyl sites for hydroxylation is 2. The second-order valence-corrected chi connectivity index (χ2v) is 21.9. The van der Waals surface area contributed by atoms with E-state index in [4.69, 9.17) is 55.9 Å². The molecule has 15 heteroatoms. The number of benzene rings is 6.